The first-order valence-corrected chi connectivity index (χ1v) is 8.52. The van der Waals surface area contributed by atoms with E-state index in [0.717, 1.165) is 25.7 Å². The van der Waals surface area contributed by atoms with Gasteiger partial charge < -0.3 is 5.41 Å². The largest absolute Gasteiger partial charge is 0.309 e. The standard InChI is InChI=1S/C20H31NO/c1-13(2)8-7-9-14(3)10-11-20(15(4)22)17(21)12-16-18(20)19(16,5)6/h8,10,16,18,21H,7,9,11-12H2,1-6H3/b14-10-,21-17?/t16-,18-,20+/m1/s1. The molecule has 2 aliphatic rings. The van der Waals surface area contributed by atoms with Gasteiger partial charge >= 0.3 is 0 Å². The first-order valence-electron chi connectivity index (χ1n) is 8.52. The predicted molar refractivity (Wildman–Crippen MR) is 93.3 cm³/mol. The average molecular weight is 301 g/mol. The van der Waals surface area contributed by atoms with Gasteiger partial charge in [-0.1, -0.05) is 37.1 Å². The minimum Gasteiger partial charge on any atom is -0.309 e. The fraction of sp³-hybridized carbons (Fsp3) is 0.700. The van der Waals surface area contributed by atoms with Crippen LogP contribution in [-0.2, 0) is 4.79 Å². The SMILES string of the molecule is CC(=O)[C@@]1(C/C=C(/C)CCC=C(C)C)C(=N)C[C@@H]2[C@@H]1C2(C)C. The van der Waals surface area contributed by atoms with Gasteiger partial charge in [-0.05, 0) is 70.6 Å². The third-order valence-electron chi connectivity index (χ3n) is 6.04. The zero-order valence-electron chi connectivity index (χ0n) is 15.0. The van der Waals surface area contributed by atoms with E-state index in [1.54, 1.807) is 6.92 Å². The molecule has 2 saturated carbocycles. The smallest absolute Gasteiger partial charge is 0.142 e. The van der Waals surface area contributed by atoms with Crippen LogP contribution in [0.4, 0.5) is 0 Å². The molecule has 0 aromatic rings. The molecule has 0 unspecified atom stereocenters. The average Bonchev–Trinajstić information content (AvgIpc) is 2.78. The van der Waals surface area contributed by atoms with Crippen molar-refractivity contribution in [3.8, 4) is 0 Å². The molecule has 0 amide bonds. The van der Waals surface area contributed by atoms with Crippen molar-refractivity contribution in [3.05, 3.63) is 23.3 Å². The molecule has 0 aliphatic heterocycles. The molecule has 2 heteroatoms. The highest BCUT2D eigenvalue weighted by atomic mass is 16.1. The first kappa shape index (κ1) is 17.2. The molecule has 2 fully saturated rings. The summed E-state index contributed by atoms with van der Waals surface area (Å²) in [7, 11) is 0. The molecule has 2 rings (SSSR count). The monoisotopic (exact) mass is 301 g/mol. The van der Waals surface area contributed by atoms with Gasteiger partial charge in [-0.15, -0.1) is 0 Å². The number of nitrogens with one attached hydrogen (secondary N) is 1. The molecule has 0 saturated heterocycles. The van der Waals surface area contributed by atoms with Crippen LogP contribution in [0, 0.1) is 28.1 Å². The highest BCUT2D eigenvalue weighted by Crippen LogP contribution is 2.73. The maximum absolute atomic E-state index is 12.4. The lowest BCUT2D eigenvalue weighted by Crippen LogP contribution is -2.38. The summed E-state index contributed by atoms with van der Waals surface area (Å²) in [6.07, 6.45) is 8.15. The maximum Gasteiger partial charge on any atom is 0.142 e. The summed E-state index contributed by atoms with van der Waals surface area (Å²) in [6.45, 7) is 12.6. The molecule has 3 atom stereocenters. The summed E-state index contributed by atoms with van der Waals surface area (Å²) in [5, 5.41) is 8.40. The Labute approximate surface area is 135 Å². The zero-order valence-corrected chi connectivity index (χ0v) is 15.0. The van der Waals surface area contributed by atoms with Crippen molar-refractivity contribution in [2.45, 2.75) is 67.2 Å². The lowest BCUT2D eigenvalue weighted by Gasteiger charge is -2.31. The van der Waals surface area contributed by atoms with Crippen molar-refractivity contribution < 1.29 is 4.79 Å². The Morgan fingerprint density at radius 1 is 1.23 bits per heavy atom. The topological polar surface area (TPSA) is 40.9 Å². The van der Waals surface area contributed by atoms with Crippen LogP contribution in [0.25, 0.3) is 0 Å². The van der Waals surface area contributed by atoms with E-state index in [1.807, 2.05) is 0 Å². The van der Waals surface area contributed by atoms with E-state index in [2.05, 4.69) is 46.8 Å². The van der Waals surface area contributed by atoms with Gasteiger partial charge in [-0.2, -0.15) is 0 Å². The van der Waals surface area contributed by atoms with Gasteiger partial charge in [-0.3, -0.25) is 4.79 Å². The molecule has 22 heavy (non-hydrogen) atoms. The summed E-state index contributed by atoms with van der Waals surface area (Å²) in [5.74, 6) is 1.12. The van der Waals surface area contributed by atoms with Gasteiger partial charge in [0.25, 0.3) is 0 Å². The highest BCUT2D eigenvalue weighted by molar-refractivity contribution is 6.10. The van der Waals surface area contributed by atoms with Crippen LogP contribution < -0.4 is 0 Å². The normalized spacial score (nSPS) is 32.6. The van der Waals surface area contributed by atoms with Gasteiger partial charge in [0, 0.05) is 5.71 Å². The van der Waals surface area contributed by atoms with E-state index in [-0.39, 0.29) is 11.2 Å². The van der Waals surface area contributed by atoms with Crippen molar-refractivity contribution in [1.82, 2.24) is 0 Å². The van der Waals surface area contributed by atoms with Gasteiger partial charge in [-0.25, -0.2) is 0 Å². The van der Waals surface area contributed by atoms with Crippen LogP contribution in [0.15, 0.2) is 23.3 Å². The molecule has 0 aromatic heterocycles. The fourth-order valence-electron chi connectivity index (χ4n) is 4.54. The summed E-state index contributed by atoms with van der Waals surface area (Å²) in [6, 6.07) is 0. The molecule has 0 spiro atoms. The molecule has 0 bridgehead atoms. The van der Waals surface area contributed by atoms with Gasteiger partial charge in [0.1, 0.15) is 5.78 Å². The molecule has 122 valence electrons. The van der Waals surface area contributed by atoms with E-state index < -0.39 is 5.41 Å². The first-order chi connectivity index (χ1) is 10.1. The van der Waals surface area contributed by atoms with Crippen molar-refractivity contribution in [2.24, 2.45) is 22.7 Å². The van der Waals surface area contributed by atoms with Crippen molar-refractivity contribution in [1.29, 1.82) is 5.41 Å². The van der Waals surface area contributed by atoms with E-state index in [1.165, 1.54) is 11.1 Å². The second-order valence-electron chi connectivity index (χ2n) is 8.19. The highest BCUT2D eigenvalue weighted by Gasteiger charge is 2.73. The van der Waals surface area contributed by atoms with Crippen LogP contribution in [0.1, 0.15) is 67.2 Å². The number of carbonyl (C=O) groups is 1. The Morgan fingerprint density at radius 2 is 1.86 bits per heavy atom. The van der Waals surface area contributed by atoms with Crippen LogP contribution >= 0.6 is 0 Å². The maximum atomic E-state index is 12.4. The number of Topliss-reactive ketones (excluding diaryl/α,β-unsaturated/α-hetero) is 1. The Morgan fingerprint density at radius 3 is 2.36 bits per heavy atom. The number of rotatable bonds is 6. The minimum absolute atomic E-state index is 0.198. The van der Waals surface area contributed by atoms with Crippen LogP contribution in [0.3, 0.4) is 0 Å². The van der Waals surface area contributed by atoms with Crippen LogP contribution in [0.2, 0.25) is 0 Å². The Kier molecular flexibility index (Phi) is 4.52. The summed E-state index contributed by atoms with van der Waals surface area (Å²) in [4.78, 5) is 12.4. The molecule has 0 radical (unpaired) electrons. The quantitative estimate of drug-likeness (QED) is 0.661. The summed E-state index contributed by atoms with van der Waals surface area (Å²) in [5.41, 5.74) is 3.11. The van der Waals surface area contributed by atoms with Gasteiger partial charge in [0.2, 0.25) is 0 Å². The minimum atomic E-state index is -0.508. The molecular weight excluding hydrogens is 270 g/mol. The Hall–Kier alpha value is -1.18. The lowest BCUT2D eigenvalue weighted by molar-refractivity contribution is -0.124. The lowest BCUT2D eigenvalue weighted by atomic mass is 9.70. The van der Waals surface area contributed by atoms with Crippen molar-refractivity contribution in [3.63, 3.8) is 0 Å². The molecule has 0 aromatic carbocycles. The fourth-order valence-corrected chi connectivity index (χ4v) is 4.54. The van der Waals surface area contributed by atoms with Crippen molar-refractivity contribution >= 4 is 11.5 Å². The Bertz CT molecular complexity index is 548. The number of allylic oxidation sites excluding steroid dienone is 4. The van der Waals surface area contributed by atoms with E-state index in [4.69, 9.17) is 5.41 Å². The van der Waals surface area contributed by atoms with Crippen LogP contribution in [-0.4, -0.2) is 11.5 Å². The van der Waals surface area contributed by atoms with Crippen LogP contribution in [0.5, 0.6) is 0 Å². The molecule has 0 heterocycles. The second-order valence-corrected chi connectivity index (χ2v) is 8.19. The third-order valence-corrected chi connectivity index (χ3v) is 6.04. The number of hydrogen-bond acceptors (Lipinski definition) is 2. The summed E-state index contributed by atoms with van der Waals surface area (Å²) >= 11 is 0. The van der Waals surface area contributed by atoms with E-state index in [0.29, 0.717) is 17.5 Å². The molecule has 1 N–H and O–H groups in total. The number of ketones is 1. The van der Waals surface area contributed by atoms with Gasteiger partial charge in [0.05, 0.1) is 5.41 Å². The summed E-state index contributed by atoms with van der Waals surface area (Å²) < 4.78 is 0. The van der Waals surface area contributed by atoms with Gasteiger partial charge in [0.15, 0.2) is 0 Å². The number of hydrogen-bond donors (Lipinski definition) is 1. The predicted octanol–water partition coefficient (Wildman–Crippen LogP) is 5.34. The number of fused-ring (bicyclic) bond motifs is 1. The third kappa shape index (κ3) is 2.73. The molecule has 2 nitrogen and oxygen atoms in total. The molecule has 2 aliphatic carbocycles. The second kappa shape index (κ2) is 5.79. The Balaban J connectivity index is 2.12. The number of carbonyl (C=O) groups excluding carboxylic acids is 1. The zero-order chi connectivity index (χ0) is 16.7. The molecular formula is C20H31NO. The van der Waals surface area contributed by atoms with E-state index >= 15 is 0 Å². The van der Waals surface area contributed by atoms with E-state index in [9.17, 15) is 4.79 Å². The van der Waals surface area contributed by atoms with Crippen molar-refractivity contribution in [2.75, 3.05) is 0 Å².